The number of hydrogen-bond donors (Lipinski definition) is 1. The fraction of sp³-hybridized carbons (Fsp3) is 0.435. The molecule has 0 radical (unpaired) electrons. The molecule has 0 saturated carbocycles. The van der Waals surface area contributed by atoms with Crippen molar-refractivity contribution >= 4 is 11.8 Å². The number of methoxy groups -OCH3 is 1. The predicted molar refractivity (Wildman–Crippen MR) is 113 cm³/mol. The number of fused-ring (bicyclic) bond motifs is 1. The molecule has 2 atom stereocenters. The van der Waals surface area contributed by atoms with E-state index < -0.39 is 0 Å². The topological polar surface area (TPSA) is 56.5 Å². The van der Waals surface area contributed by atoms with Gasteiger partial charge in [0.25, 0.3) is 0 Å². The Morgan fingerprint density at radius 3 is 2.64 bits per heavy atom. The van der Waals surface area contributed by atoms with Crippen LogP contribution in [0, 0.1) is 11.3 Å². The van der Waals surface area contributed by atoms with Crippen molar-refractivity contribution in [1.82, 2.24) is 5.06 Å². The molecule has 0 spiro atoms. The van der Waals surface area contributed by atoms with E-state index >= 15 is 0 Å². The minimum Gasteiger partial charge on any atom is -0.495 e. The molecule has 0 fully saturated rings. The van der Waals surface area contributed by atoms with E-state index in [9.17, 15) is 10.5 Å². The number of thioether (sulfide) groups is 1. The first-order chi connectivity index (χ1) is 13.6. The predicted octanol–water partition coefficient (Wildman–Crippen LogP) is 5.79. The Balaban J connectivity index is 2.20. The quantitative estimate of drug-likeness (QED) is 0.669. The number of hydrogen-bond acceptors (Lipinski definition) is 5. The normalized spacial score (nSPS) is 22.2. The summed E-state index contributed by atoms with van der Waals surface area (Å²) in [6.07, 6.45) is 3.95. The third kappa shape index (κ3) is 3.77. The van der Waals surface area contributed by atoms with E-state index in [1.54, 1.807) is 23.9 Å². The molecule has 0 saturated heterocycles. The molecule has 0 amide bonds. The second-order valence-corrected chi connectivity index (χ2v) is 8.35. The van der Waals surface area contributed by atoms with Crippen LogP contribution < -0.4 is 4.74 Å². The van der Waals surface area contributed by atoms with Gasteiger partial charge in [-0.15, -0.1) is 11.8 Å². The van der Waals surface area contributed by atoms with Crippen LogP contribution in [-0.4, -0.2) is 28.7 Å². The molecule has 0 aliphatic carbocycles. The Hall–Kier alpha value is -2.00. The number of nitriles is 1. The molecular formula is C23H28N2O2S. The van der Waals surface area contributed by atoms with E-state index in [4.69, 9.17) is 4.74 Å². The third-order valence-corrected chi connectivity index (χ3v) is 7.09. The van der Waals surface area contributed by atoms with Crippen molar-refractivity contribution in [3.63, 3.8) is 0 Å². The van der Waals surface area contributed by atoms with Crippen molar-refractivity contribution in [2.24, 2.45) is 0 Å². The van der Waals surface area contributed by atoms with Crippen LogP contribution in [-0.2, 0) is 0 Å². The molecule has 1 N–H and O–H groups in total. The molecule has 0 aromatic heterocycles. The van der Waals surface area contributed by atoms with E-state index in [0.29, 0.717) is 11.3 Å². The molecule has 2 aromatic carbocycles. The molecule has 0 bridgehead atoms. The largest absolute Gasteiger partial charge is 0.495 e. The van der Waals surface area contributed by atoms with Crippen LogP contribution in [0.2, 0.25) is 0 Å². The molecular weight excluding hydrogens is 368 g/mol. The van der Waals surface area contributed by atoms with Crippen LogP contribution in [0.1, 0.15) is 62.3 Å². The fourth-order valence-corrected chi connectivity index (χ4v) is 5.39. The highest BCUT2D eigenvalue weighted by molar-refractivity contribution is 7.99. The second kappa shape index (κ2) is 9.00. The summed E-state index contributed by atoms with van der Waals surface area (Å²) in [5.74, 6) is 1.34. The van der Waals surface area contributed by atoms with Crippen LogP contribution in [0.4, 0.5) is 0 Å². The molecule has 5 heteroatoms. The summed E-state index contributed by atoms with van der Waals surface area (Å²) in [5.41, 5.74) is 2.24. The number of nitrogens with zero attached hydrogens (tertiary/aromatic N) is 2. The van der Waals surface area contributed by atoms with Gasteiger partial charge in [-0.05, 0) is 36.1 Å². The number of benzene rings is 2. The van der Waals surface area contributed by atoms with Crippen molar-refractivity contribution in [2.75, 3.05) is 12.9 Å². The highest BCUT2D eigenvalue weighted by atomic mass is 32.2. The SMILES string of the molecule is CCCC[C@]1(CC)CSc2cc(C#N)c(OC)cc2[C@@H](c2ccccc2)N1O. The van der Waals surface area contributed by atoms with Gasteiger partial charge in [0, 0.05) is 10.6 Å². The summed E-state index contributed by atoms with van der Waals surface area (Å²) in [6, 6.07) is 15.9. The Labute approximate surface area is 172 Å². The van der Waals surface area contributed by atoms with Gasteiger partial charge in [-0.3, -0.25) is 0 Å². The molecule has 1 aliphatic heterocycles. The van der Waals surface area contributed by atoms with Crippen LogP contribution in [0.5, 0.6) is 5.75 Å². The van der Waals surface area contributed by atoms with Gasteiger partial charge in [0.2, 0.25) is 0 Å². The van der Waals surface area contributed by atoms with Gasteiger partial charge in [0.15, 0.2) is 0 Å². The lowest BCUT2D eigenvalue weighted by Gasteiger charge is -2.42. The minimum absolute atomic E-state index is 0.301. The first-order valence-electron chi connectivity index (χ1n) is 9.88. The maximum atomic E-state index is 11.6. The molecule has 0 unspecified atom stereocenters. The van der Waals surface area contributed by atoms with Gasteiger partial charge in [-0.1, -0.05) is 57.0 Å². The van der Waals surface area contributed by atoms with Gasteiger partial charge in [0.1, 0.15) is 11.8 Å². The van der Waals surface area contributed by atoms with Gasteiger partial charge in [-0.25, -0.2) is 0 Å². The molecule has 4 nitrogen and oxygen atoms in total. The van der Waals surface area contributed by atoms with Crippen LogP contribution in [0.25, 0.3) is 0 Å². The van der Waals surface area contributed by atoms with Gasteiger partial charge in [0.05, 0.1) is 24.3 Å². The van der Waals surface area contributed by atoms with Gasteiger partial charge >= 0.3 is 0 Å². The zero-order chi connectivity index (χ0) is 20.1. The third-order valence-electron chi connectivity index (χ3n) is 5.74. The van der Waals surface area contributed by atoms with Gasteiger partial charge < -0.3 is 9.94 Å². The lowest BCUT2D eigenvalue weighted by Crippen LogP contribution is -2.49. The summed E-state index contributed by atoms with van der Waals surface area (Å²) in [7, 11) is 1.58. The molecule has 148 valence electrons. The van der Waals surface area contributed by atoms with Crippen LogP contribution in [0.15, 0.2) is 47.4 Å². The zero-order valence-electron chi connectivity index (χ0n) is 16.8. The average Bonchev–Trinajstić information content (AvgIpc) is 2.86. The zero-order valence-corrected chi connectivity index (χ0v) is 17.6. The Morgan fingerprint density at radius 2 is 2.04 bits per heavy atom. The number of rotatable bonds is 6. The van der Waals surface area contributed by atoms with Crippen LogP contribution >= 0.6 is 11.8 Å². The first-order valence-corrected chi connectivity index (χ1v) is 10.9. The summed E-state index contributed by atoms with van der Waals surface area (Å²) < 4.78 is 5.47. The smallest absolute Gasteiger partial charge is 0.137 e. The molecule has 1 aliphatic rings. The molecule has 3 rings (SSSR count). The van der Waals surface area contributed by atoms with E-state index in [0.717, 1.165) is 47.5 Å². The fourth-order valence-electron chi connectivity index (χ4n) is 3.94. The summed E-state index contributed by atoms with van der Waals surface area (Å²) in [4.78, 5) is 1.04. The number of ether oxygens (including phenoxy) is 1. The van der Waals surface area contributed by atoms with E-state index in [-0.39, 0.29) is 11.6 Å². The van der Waals surface area contributed by atoms with E-state index in [1.165, 1.54) is 0 Å². The maximum absolute atomic E-state index is 11.6. The Kier molecular flexibility index (Phi) is 6.66. The monoisotopic (exact) mass is 396 g/mol. The number of unbranched alkanes of at least 4 members (excludes halogenated alkanes) is 1. The lowest BCUT2D eigenvalue weighted by atomic mass is 9.87. The van der Waals surface area contributed by atoms with E-state index in [2.05, 4.69) is 32.0 Å². The van der Waals surface area contributed by atoms with Gasteiger partial charge in [-0.2, -0.15) is 10.3 Å². The summed E-state index contributed by atoms with van der Waals surface area (Å²) >= 11 is 1.73. The minimum atomic E-state index is -0.319. The Morgan fingerprint density at radius 1 is 1.29 bits per heavy atom. The van der Waals surface area contributed by atoms with Crippen LogP contribution in [0.3, 0.4) is 0 Å². The molecule has 1 heterocycles. The standard InChI is InChI=1S/C23H28N2O2S/c1-4-6-12-23(5-2)16-28-21-13-18(15-24)20(27-3)14-19(21)22(25(23)26)17-10-8-7-9-11-17/h7-11,13-14,22,26H,4-6,12,16H2,1-3H3/t22-,23-/m1/s1. The maximum Gasteiger partial charge on any atom is 0.137 e. The lowest BCUT2D eigenvalue weighted by molar-refractivity contribution is -0.193. The van der Waals surface area contributed by atoms with Crippen molar-refractivity contribution in [3.05, 3.63) is 59.2 Å². The first kappa shape index (κ1) is 20.7. The van der Waals surface area contributed by atoms with Crippen molar-refractivity contribution in [3.8, 4) is 11.8 Å². The van der Waals surface area contributed by atoms with Crippen molar-refractivity contribution < 1.29 is 9.94 Å². The van der Waals surface area contributed by atoms with Crippen molar-refractivity contribution in [2.45, 2.75) is 56.0 Å². The molecule has 28 heavy (non-hydrogen) atoms. The number of hydroxylamine groups is 2. The summed E-state index contributed by atoms with van der Waals surface area (Å²) in [5, 5.41) is 22.7. The Bertz CT molecular complexity index is 850. The highest BCUT2D eigenvalue weighted by Crippen LogP contribution is 2.47. The molecule has 2 aromatic rings. The van der Waals surface area contributed by atoms with E-state index in [1.807, 2.05) is 30.3 Å². The summed E-state index contributed by atoms with van der Waals surface area (Å²) in [6.45, 7) is 4.33. The highest BCUT2D eigenvalue weighted by Gasteiger charge is 2.43. The second-order valence-electron chi connectivity index (χ2n) is 7.33. The average molecular weight is 397 g/mol. The van der Waals surface area contributed by atoms with Crippen molar-refractivity contribution in [1.29, 1.82) is 5.26 Å².